The van der Waals surface area contributed by atoms with Gasteiger partial charge in [-0.3, -0.25) is 9.48 Å². The number of hydrogen-bond donors (Lipinski definition) is 0. The number of carbonyl (C=O) groups is 1. The number of carbonyl (C=O) groups excluding carboxylic acids is 1. The van der Waals surface area contributed by atoms with Crippen LogP contribution in [0.25, 0.3) is 0 Å². The van der Waals surface area contributed by atoms with Gasteiger partial charge in [0.05, 0.1) is 29.8 Å². The van der Waals surface area contributed by atoms with Crippen LogP contribution >= 0.6 is 11.6 Å². The van der Waals surface area contributed by atoms with E-state index >= 15 is 0 Å². The van der Waals surface area contributed by atoms with E-state index in [1.54, 1.807) is 24.0 Å². The van der Waals surface area contributed by atoms with Crippen LogP contribution in [0.2, 0.25) is 5.02 Å². The molecule has 2 aromatic rings. The van der Waals surface area contributed by atoms with Crippen molar-refractivity contribution in [2.75, 3.05) is 18.6 Å². The van der Waals surface area contributed by atoms with Gasteiger partial charge in [-0.15, -0.1) is 0 Å². The third-order valence-corrected chi connectivity index (χ3v) is 6.37. The van der Waals surface area contributed by atoms with Crippen molar-refractivity contribution in [1.82, 2.24) is 14.7 Å². The number of aromatic nitrogens is 2. The zero-order chi connectivity index (χ0) is 17.3. The highest BCUT2D eigenvalue weighted by atomic mass is 35.5. The molecule has 1 fully saturated rings. The van der Waals surface area contributed by atoms with E-state index in [-0.39, 0.29) is 23.5 Å². The SMILES string of the molecule is CN(C(=O)c1cnn(Cc2ccccc2Cl)c1)C1CCS(=O)(=O)C1. The lowest BCUT2D eigenvalue weighted by Gasteiger charge is -2.22. The Hall–Kier alpha value is -1.86. The zero-order valence-electron chi connectivity index (χ0n) is 13.2. The molecule has 1 amide bonds. The third-order valence-electron chi connectivity index (χ3n) is 4.25. The molecule has 0 radical (unpaired) electrons. The molecule has 1 aromatic carbocycles. The molecule has 0 N–H and O–H groups in total. The molecule has 0 spiro atoms. The summed E-state index contributed by atoms with van der Waals surface area (Å²) in [6.45, 7) is 0.467. The molecule has 128 valence electrons. The molecular weight excluding hydrogens is 350 g/mol. The highest BCUT2D eigenvalue weighted by molar-refractivity contribution is 7.91. The van der Waals surface area contributed by atoms with Gasteiger partial charge in [0.1, 0.15) is 0 Å². The molecule has 2 heterocycles. The van der Waals surface area contributed by atoms with Gasteiger partial charge in [-0.25, -0.2) is 8.42 Å². The van der Waals surface area contributed by atoms with Crippen LogP contribution in [0.3, 0.4) is 0 Å². The summed E-state index contributed by atoms with van der Waals surface area (Å²) in [6.07, 6.45) is 3.64. The molecule has 8 heteroatoms. The first-order chi connectivity index (χ1) is 11.4. The third kappa shape index (κ3) is 3.62. The average molecular weight is 368 g/mol. The van der Waals surface area contributed by atoms with Crippen LogP contribution in [0.4, 0.5) is 0 Å². The lowest BCUT2D eigenvalue weighted by Crippen LogP contribution is -2.37. The summed E-state index contributed by atoms with van der Waals surface area (Å²) in [5.41, 5.74) is 1.35. The van der Waals surface area contributed by atoms with Crippen LogP contribution in [0, 0.1) is 0 Å². The first-order valence-electron chi connectivity index (χ1n) is 7.59. The second-order valence-electron chi connectivity index (χ2n) is 5.99. The van der Waals surface area contributed by atoms with Gasteiger partial charge in [-0.1, -0.05) is 29.8 Å². The molecule has 3 rings (SSSR count). The minimum absolute atomic E-state index is 0.0308. The maximum atomic E-state index is 12.5. The monoisotopic (exact) mass is 367 g/mol. The van der Waals surface area contributed by atoms with E-state index in [1.807, 2.05) is 18.2 Å². The minimum Gasteiger partial charge on any atom is -0.338 e. The maximum absolute atomic E-state index is 12.5. The van der Waals surface area contributed by atoms with Gasteiger partial charge in [-0.05, 0) is 18.1 Å². The highest BCUT2D eigenvalue weighted by Crippen LogP contribution is 2.19. The quantitative estimate of drug-likeness (QED) is 0.826. The van der Waals surface area contributed by atoms with Gasteiger partial charge in [0, 0.05) is 24.3 Å². The van der Waals surface area contributed by atoms with E-state index < -0.39 is 9.84 Å². The van der Waals surface area contributed by atoms with E-state index in [9.17, 15) is 13.2 Å². The fourth-order valence-corrected chi connectivity index (χ4v) is 4.78. The van der Waals surface area contributed by atoms with Gasteiger partial charge in [-0.2, -0.15) is 5.10 Å². The molecule has 0 bridgehead atoms. The fraction of sp³-hybridized carbons (Fsp3) is 0.375. The molecular formula is C16H18ClN3O3S. The van der Waals surface area contributed by atoms with Gasteiger partial charge < -0.3 is 4.90 Å². The van der Waals surface area contributed by atoms with Crippen molar-refractivity contribution in [3.05, 3.63) is 52.8 Å². The number of hydrogen-bond acceptors (Lipinski definition) is 4. The number of rotatable bonds is 4. The summed E-state index contributed by atoms with van der Waals surface area (Å²) in [4.78, 5) is 14.0. The largest absolute Gasteiger partial charge is 0.338 e. The van der Waals surface area contributed by atoms with Crippen LogP contribution in [0.1, 0.15) is 22.3 Å². The Morgan fingerprint density at radius 3 is 2.83 bits per heavy atom. The average Bonchev–Trinajstić information content (AvgIpc) is 3.14. The number of nitrogens with zero attached hydrogens (tertiary/aromatic N) is 3. The molecule has 24 heavy (non-hydrogen) atoms. The molecule has 0 aliphatic carbocycles. The van der Waals surface area contributed by atoms with Crippen LogP contribution in [0.15, 0.2) is 36.7 Å². The maximum Gasteiger partial charge on any atom is 0.257 e. The lowest BCUT2D eigenvalue weighted by molar-refractivity contribution is 0.0747. The molecule has 1 saturated heterocycles. The van der Waals surface area contributed by atoms with Crippen molar-refractivity contribution in [2.45, 2.75) is 19.0 Å². The summed E-state index contributed by atoms with van der Waals surface area (Å²) in [6, 6.07) is 7.19. The Morgan fingerprint density at radius 1 is 1.42 bits per heavy atom. The molecule has 1 aliphatic rings. The number of halogens is 1. The first-order valence-corrected chi connectivity index (χ1v) is 9.79. The Balaban J connectivity index is 1.71. The Morgan fingerprint density at radius 2 is 2.17 bits per heavy atom. The van der Waals surface area contributed by atoms with Crippen molar-refractivity contribution in [1.29, 1.82) is 0 Å². The summed E-state index contributed by atoms with van der Waals surface area (Å²) >= 11 is 6.13. The summed E-state index contributed by atoms with van der Waals surface area (Å²) in [5, 5.41) is 4.85. The Labute approximate surface area is 145 Å². The topological polar surface area (TPSA) is 72.3 Å². The highest BCUT2D eigenvalue weighted by Gasteiger charge is 2.33. The van der Waals surface area contributed by atoms with E-state index in [0.29, 0.717) is 23.6 Å². The van der Waals surface area contributed by atoms with Crippen molar-refractivity contribution < 1.29 is 13.2 Å². The van der Waals surface area contributed by atoms with Gasteiger partial charge in [0.25, 0.3) is 5.91 Å². The van der Waals surface area contributed by atoms with Crippen molar-refractivity contribution in [3.8, 4) is 0 Å². The minimum atomic E-state index is -3.03. The van der Waals surface area contributed by atoms with Crippen LogP contribution < -0.4 is 0 Å². The molecule has 1 aromatic heterocycles. The van der Waals surface area contributed by atoms with Crippen LogP contribution in [-0.4, -0.2) is 53.6 Å². The van der Waals surface area contributed by atoms with Crippen LogP contribution in [0.5, 0.6) is 0 Å². The second-order valence-corrected chi connectivity index (χ2v) is 8.63. The van der Waals surface area contributed by atoms with E-state index in [1.165, 1.54) is 11.1 Å². The number of benzene rings is 1. The normalized spacial score (nSPS) is 19.3. The summed E-state index contributed by atoms with van der Waals surface area (Å²) in [7, 11) is -1.39. The molecule has 1 unspecified atom stereocenters. The lowest BCUT2D eigenvalue weighted by atomic mass is 10.2. The Kier molecular flexibility index (Phi) is 4.64. The van der Waals surface area contributed by atoms with Gasteiger partial charge in [0.15, 0.2) is 9.84 Å². The first kappa shape index (κ1) is 17.0. The predicted octanol–water partition coefficient (Wildman–Crippen LogP) is 1.84. The smallest absolute Gasteiger partial charge is 0.257 e. The van der Waals surface area contributed by atoms with Crippen molar-refractivity contribution >= 4 is 27.3 Å². The van der Waals surface area contributed by atoms with Gasteiger partial charge >= 0.3 is 0 Å². The van der Waals surface area contributed by atoms with Crippen molar-refractivity contribution in [3.63, 3.8) is 0 Å². The Bertz CT molecular complexity index is 863. The van der Waals surface area contributed by atoms with Crippen molar-refractivity contribution in [2.24, 2.45) is 0 Å². The van der Waals surface area contributed by atoms with E-state index in [2.05, 4.69) is 5.10 Å². The number of sulfone groups is 1. The van der Waals surface area contributed by atoms with Gasteiger partial charge in [0.2, 0.25) is 0 Å². The molecule has 0 saturated carbocycles. The van der Waals surface area contributed by atoms with E-state index in [4.69, 9.17) is 11.6 Å². The standard InChI is InChI=1S/C16H18ClN3O3S/c1-19(14-6-7-24(22,23)11-14)16(21)13-8-18-20(10-13)9-12-4-2-3-5-15(12)17/h2-5,8,10,14H,6-7,9,11H2,1H3. The number of amides is 1. The fourth-order valence-electron chi connectivity index (χ4n) is 2.81. The summed E-state index contributed by atoms with van der Waals surface area (Å²) in [5.74, 6) is -0.0492. The summed E-state index contributed by atoms with van der Waals surface area (Å²) < 4.78 is 24.8. The van der Waals surface area contributed by atoms with E-state index in [0.717, 1.165) is 5.56 Å². The predicted molar refractivity (Wildman–Crippen MR) is 91.9 cm³/mol. The zero-order valence-corrected chi connectivity index (χ0v) is 14.8. The van der Waals surface area contributed by atoms with Crippen LogP contribution in [-0.2, 0) is 16.4 Å². The molecule has 1 atom stereocenters. The second kappa shape index (κ2) is 6.57. The molecule has 1 aliphatic heterocycles. The molecule has 6 nitrogen and oxygen atoms in total.